The molecule has 0 bridgehead atoms. The smallest absolute Gasteiger partial charge is 0.354 e. The van der Waals surface area contributed by atoms with E-state index in [1.807, 2.05) is 0 Å². The lowest BCUT2D eigenvalue weighted by molar-refractivity contribution is -0.136. The molecule has 0 fully saturated rings. The Balaban J connectivity index is 1.49. The Morgan fingerprint density at radius 1 is 1.03 bits per heavy atom. The molecule has 0 aliphatic carbocycles. The Morgan fingerprint density at radius 2 is 1.83 bits per heavy atom. The Hall–Kier alpha value is -4.70. The molecule has 3 N–H and O–H groups in total. The molecule has 0 radical (unpaired) electrons. The number of carbonyl (C=O) groups is 3. The van der Waals surface area contributed by atoms with Gasteiger partial charge < -0.3 is 20.5 Å². The molecule has 11 heteroatoms. The first-order valence-corrected chi connectivity index (χ1v) is 10.9. The highest BCUT2D eigenvalue weighted by molar-refractivity contribution is 6.34. The molecule has 36 heavy (non-hydrogen) atoms. The molecular weight excluding hydrogens is 488 g/mol. The van der Waals surface area contributed by atoms with E-state index in [1.165, 1.54) is 43.5 Å². The van der Waals surface area contributed by atoms with Gasteiger partial charge >= 0.3 is 5.97 Å². The zero-order valence-corrected chi connectivity index (χ0v) is 19.6. The van der Waals surface area contributed by atoms with Crippen molar-refractivity contribution >= 4 is 46.5 Å². The molecule has 1 aromatic heterocycles. The van der Waals surface area contributed by atoms with Crippen LogP contribution in [-0.2, 0) is 16.1 Å². The second-order valence-corrected chi connectivity index (χ2v) is 7.97. The molecule has 3 aromatic carbocycles. The van der Waals surface area contributed by atoms with Crippen LogP contribution in [0.4, 0.5) is 0 Å². The highest BCUT2D eigenvalue weighted by Gasteiger charge is 2.19. The van der Waals surface area contributed by atoms with Crippen LogP contribution in [0.5, 0.6) is 5.75 Å². The van der Waals surface area contributed by atoms with E-state index in [1.54, 1.807) is 30.3 Å². The van der Waals surface area contributed by atoms with Gasteiger partial charge in [0, 0.05) is 12.1 Å². The largest absolute Gasteiger partial charge is 0.508 e. The topological polar surface area (TPSA) is 144 Å². The number of amides is 2. The van der Waals surface area contributed by atoms with E-state index in [-0.39, 0.29) is 34.1 Å². The summed E-state index contributed by atoms with van der Waals surface area (Å²) in [5.74, 6) is -1.77. The van der Waals surface area contributed by atoms with Gasteiger partial charge in [0.15, 0.2) is 0 Å². The molecule has 0 saturated carbocycles. The van der Waals surface area contributed by atoms with Gasteiger partial charge in [0.1, 0.15) is 22.5 Å². The van der Waals surface area contributed by atoms with Crippen LogP contribution in [0.25, 0.3) is 17.1 Å². The zero-order chi connectivity index (χ0) is 25.7. The maximum atomic E-state index is 12.9. The van der Waals surface area contributed by atoms with Crippen LogP contribution in [0.2, 0.25) is 5.02 Å². The van der Waals surface area contributed by atoms with Gasteiger partial charge in [-0.2, -0.15) is 0 Å². The van der Waals surface area contributed by atoms with E-state index in [9.17, 15) is 19.5 Å². The highest BCUT2D eigenvalue weighted by atomic mass is 35.5. The lowest BCUT2D eigenvalue weighted by atomic mass is 10.1. The fourth-order valence-corrected chi connectivity index (χ4v) is 3.56. The van der Waals surface area contributed by atoms with E-state index in [2.05, 4.69) is 25.6 Å². The number of fused-ring (bicyclic) bond motifs is 1. The molecule has 182 valence electrons. The summed E-state index contributed by atoms with van der Waals surface area (Å²) in [4.78, 5) is 37.7. The van der Waals surface area contributed by atoms with Crippen molar-refractivity contribution in [3.05, 3.63) is 93.6 Å². The summed E-state index contributed by atoms with van der Waals surface area (Å²) in [6.07, 6.45) is 1.41. The van der Waals surface area contributed by atoms with Crippen molar-refractivity contribution < 1.29 is 28.9 Å². The zero-order valence-electron chi connectivity index (χ0n) is 18.8. The van der Waals surface area contributed by atoms with Crippen molar-refractivity contribution in [3.8, 4) is 5.75 Å². The Kier molecular flexibility index (Phi) is 7.26. The second kappa shape index (κ2) is 10.7. The summed E-state index contributed by atoms with van der Waals surface area (Å²) in [6, 6.07) is 15.6. The lowest BCUT2D eigenvalue weighted by Gasteiger charge is -2.11. The van der Waals surface area contributed by atoms with Gasteiger partial charge in [0.2, 0.25) is 0 Å². The summed E-state index contributed by atoms with van der Waals surface area (Å²) in [7, 11) is 1.18. The molecule has 10 nitrogen and oxygen atoms in total. The molecule has 0 unspecified atom stereocenters. The van der Waals surface area contributed by atoms with Crippen LogP contribution < -0.4 is 10.6 Å². The fourth-order valence-electron chi connectivity index (χ4n) is 3.29. The van der Waals surface area contributed by atoms with Gasteiger partial charge in [-0.1, -0.05) is 29.8 Å². The minimum atomic E-state index is -0.777. The van der Waals surface area contributed by atoms with Crippen molar-refractivity contribution in [2.24, 2.45) is 0 Å². The number of nitrogens with zero attached hydrogens (tertiary/aromatic N) is 2. The summed E-state index contributed by atoms with van der Waals surface area (Å²) in [6.45, 7) is 0.191. The number of ether oxygens (including phenoxy) is 1. The summed E-state index contributed by atoms with van der Waals surface area (Å²) in [5.41, 5.74) is 2.41. The molecular formula is C25H19ClN4O6. The van der Waals surface area contributed by atoms with E-state index < -0.39 is 17.8 Å². The molecule has 0 atom stereocenters. The summed E-state index contributed by atoms with van der Waals surface area (Å²) in [5, 5.41) is 22.2. The molecule has 4 rings (SSSR count). The van der Waals surface area contributed by atoms with E-state index in [0.717, 1.165) is 0 Å². The molecule has 0 aliphatic rings. The lowest BCUT2D eigenvalue weighted by Crippen LogP contribution is -2.28. The molecule has 0 spiro atoms. The third-order valence-corrected chi connectivity index (χ3v) is 5.39. The first-order valence-electron chi connectivity index (χ1n) is 10.5. The van der Waals surface area contributed by atoms with Crippen LogP contribution in [0.15, 0.2) is 71.0 Å². The van der Waals surface area contributed by atoms with Crippen LogP contribution in [0.3, 0.4) is 0 Å². The normalized spacial score (nSPS) is 11.2. The van der Waals surface area contributed by atoms with Gasteiger partial charge in [-0.05, 0) is 70.0 Å². The van der Waals surface area contributed by atoms with E-state index in [0.29, 0.717) is 22.2 Å². The Morgan fingerprint density at radius 3 is 2.58 bits per heavy atom. The number of phenolic OH excluding ortho intramolecular Hbond substituents is 1. The third kappa shape index (κ3) is 5.68. The van der Waals surface area contributed by atoms with Gasteiger partial charge in [-0.3, -0.25) is 9.59 Å². The van der Waals surface area contributed by atoms with Gasteiger partial charge in [0.25, 0.3) is 11.8 Å². The minimum Gasteiger partial charge on any atom is -0.508 e. The average molecular weight is 507 g/mol. The monoisotopic (exact) mass is 506 g/mol. The number of hydrogen-bond acceptors (Lipinski definition) is 8. The number of aromatic hydroxyl groups is 1. The third-order valence-electron chi connectivity index (χ3n) is 5.08. The number of halogens is 1. The SMILES string of the molecule is COC(=O)/C(=C\c1ccc2nonc2c1)NC(=O)c1ccc(C(=O)NCc2cccc(O)c2)cc1Cl. The number of methoxy groups -OCH3 is 1. The van der Waals surface area contributed by atoms with Crippen molar-refractivity contribution in [1.29, 1.82) is 0 Å². The van der Waals surface area contributed by atoms with Crippen molar-refractivity contribution in [2.75, 3.05) is 7.11 Å². The predicted molar refractivity (Wildman–Crippen MR) is 130 cm³/mol. The van der Waals surface area contributed by atoms with Crippen LogP contribution in [0.1, 0.15) is 31.8 Å². The van der Waals surface area contributed by atoms with Crippen LogP contribution >= 0.6 is 11.6 Å². The predicted octanol–water partition coefficient (Wildman–Crippen LogP) is 3.46. The van der Waals surface area contributed by atoms with Gasteiger partial charge in [-0.15, -0.1) is 0 Å². The summed E-state index contributed by atoms with van der Waals surface area (Å²) >= 11 is 6.28. The number of rotatable bonds is 7. The van der Waals surface area contributed by atoms with E-state index >= 15 is 0 Å². The second-order valence-electron chi connectivity index (χ2n) is 7.56. The van der Waals surface area contributed by atoms with Gasteiger partial charge in [0.05, 0.1) is 17.7 Å². The van der Waals surface area contributed by atoms with Crippen LogP contribution in [0, 0.1) is 0 Å². The molecule has 0 aliphatic heterocycles. The van der Waals surface area contributed by atoms with Crippen LogP contribution in [-0.4, -0.2) is 40.3 Å². The quantitative estimate of drug-likeness (QED) is 0.255. The highest BCUT2D eigenvalue weighted by Crippen LogP contribution is 2.20. The maximum absolute atomic E-state index is 12.9. The number of hydrogen-bond donors (Lipinski definition) is 3. The summed E-state index contributed by atoms with van der Waals surface area (Å²) < 4.78 is 9.44. The Labute approximate surface area is 209 Å². The number of carbonyl (C=O) groups excluding carboxylic acids is 3. The molecule has 4 aromatic rings. The number of aromatic nitrogens is 2. The van der Waals surface area contributed by atoms with Gasteiger partial charge in [-0.25, -0.2) is 9.42 Å². The number of phenols is 1. The number of esters is 1. The fraction of sp³-hybridized carbons (Fsp3) is 0.0800. The molecule has 1 heterocycles. The maximum Gasteiger partial charge on any atom is 0.354 e. The first-order chi connectivity index (χ1) is 17.3. The Bertz CT molecular complexity index is 1500. The number of nitrogens with one attached hydrogen (secondary N) is 2. The van der Waals surface area contributed by atoms with E-state index in [4.69, 9.17) is 16.3 Å². The standard InChI is InChI=1S/C25H19ClN4O6/c1-35-25(34)22(11-14-5-8-20-21(10-14)30-36-29-20)28-24(33)18-7-6-16(12-19(18)26)23(32)27-13-15-3-2-4-17(31)9-15/h2-12,31H,13H2,1H3,(H,27,32)(H,28,33)/b22-11+. The first kappa shape index (κ1) is 24.4. The number of benzene rings is 3. The van der Waals surface area contributed by atoms with Crippen molar-refractivity contribution in [2.45, 2.75) is 6.54 Å². The molecule has 0 saturated heterocycles. The average Bonchev–Trinajstić information content (AvgIpc) is 3.34. The van der Waals surface area contributed by atoms with Crippen molar-refractivity contribution in [1.82, 2.24) is 20.9 Å². The van der Waals surface area contributed by atoms with Crippen molar-refractivity contribution in [3.63, 3.8) is 0 Å². The minimum absolute atomic E-state index is 0.0109. The molecule has 2 amide bonds.